The van der Waals surface area contributed by atoms with Crippen molar-refractivity contribution in [3.63, 3.8) is 0 Å². The summed E-state index contributed by atoms with van der Waals surface area (Å²) in [5.41, 5.74) is 0. The monoisotopic (exact) mass is 258 g/mol. The van der Waals surface area contributed by atoms with E-state index in [1.165, 1.54) is 6.33 Å². The van der Waals surface area contributed by atoms with Gasteiger partial charge in [0.05, 0.1) is 6.61 Å². The predicted molar refractivity (Wildman–Crippen MR) is 70.0 cm³/mol. The van der Waals surface area contributed by atoms with Gasteiger partial charge in [0.1, 0.15) is 12.1 Å². The lowest BCUT2D eigenvalue weighted by molar-refractivity contribution is 0.326. The second-order valence-electron chi connectivity index (χ2n) is 3.84. The highest BCUT2D eigenvalue weighted by Gasteiger charge is 2.13. The second kappa shape index (κ2) is 7.29. The molecule has 0 aromatic carbocycles. The van der Waals surface area contributed by atoms with Crippen LogP contribution in [0.1, 0.15) is 19.8 Å². The molecule has 2 heterocycles. The van der Waals surface area contributed by atoms with Gasteiger partial charge in [-0.1, -0.05) is 0 Å². The third kappa shape index (κ3) is 4.36. The summed E-state index contributed by atoms with van der Waals surface area (Å²) in [6, 6.07) is 2.36. The fourth-order valence-corrected chi connectivity index (χ4v) is 1.82. The quantitative estimate of drug-likeness (QED) is 0.856. The summed E-state index contributed by atoms with van der Waals surface area (Å²) >= 11 is 0. The lowest BCUT2D eigenvalue weighted by Crippen LogP contribution is -2.35. The van der Waals surface area contributed by atoms with E-state index < -0.39 is 0 Å². The summed E-state index contributed by atoms with van der Waals surface area (Å²) in [5.74, 6) is 1.49. The minimum absolute atomic E-state index is 0. The number of nitrogens with zero attached hydrogens (tertiary/aromatic N) is 2. The van der Waals surface area contributed by atoms with Crippen molar-refractivity contribution in [2.75, 3.05) is 25.0 Å². The van der Waals surface area contributed by atoms with Gasteiger partial charge in [0.15, 0.2) is 0 Å². The Hall–Kier alpha value is -1.07. The molecule has 0 spiro atoms. The van der Waals surface area contributed by atoms with Crippen molar-refractivity contribution in [3.05, 3.63) is 12.4 Å². The van der Waals surface area contributed by atoms with Crippen LogP contribution in [0.3, 0.4) is 0 Å². The summed E-state index contributed by atoms with van der Waals surface area (Å²) < 4.78 is 5.33. The summed E-state index contributed by atoms with van der Waals surface area (Å²) in [6.07, 6.45) is 3.80. The molecule has 0 aliphatic carbocycles. The number of nitrogens with one attached hydrogen (secondary N) is 2. The first-order valence-corrected chi connectivity index (χ1v) is 5.80. The zero-order valence-corrected chi connectivity index (χ0v) is 10.8. The van der Waals surface area contributed by atoms with E-state index in [4.69, 9.17) is 4.74 Å². The first kappa shape index (κ1) is 14.0. The maximum Gasteiger partial charge on any atom is 0.218 e. The van der Waals surface area contributed by atoms with Crippen LogP contribution in [0.2, 0.25) is 0 Å². The van der Waals surface area contributed by atoms with E-state index >= 15 is 0 Å². The molecule has 5 nitrogen and oxygen atoms in total. The highest BCUT2D eigenvalue weighted by molar-refractivity contribution is 5.85. The van der Waals surface area contributed by atoms with Crippen molar-refractivity contribution < 1.29 is 4.74 Å². The van der Waals surface area contributed by atoms with Crippen LogP contribution in [-0.2, 0) is 0 Å². The number of hydrogen-bond acceptors (Lipinski definition) is 5. The average Bonchev–Trinajstić information content (AvgIpc) is 2.31. The van der Waals surface area contributed by atoms with Gasteiger partial charge < -0.3 is 15.4 Å². The molecule has 0 radical (unpaired) electrons. The van der Waals surface area contributed by atoms with Crippen LogP contribution in [0.5, 0.6) is 5.88 Å². The fraction of sp³-hybridized carbons (Fsp3) is 0.636. The van der Waals surface area contributed by atoms with Crippen molar-refractivity contribution in [1.29, 1.82) is 0 Å². The second-order valence-corrected chi connectivity index (χ2v) is 3.84. The molecule has 1 aliphatic rings. The number of rotatable bonds is 4. The number of piperidine rings is 1. The van der Waals surface area contributed by atoms with Crippen LogP contribution in [-0.4, -0.2) is 35.7 Å². The first-order chi connectivity index (χ1) is 7.88. The van der Waals surface area contributed by atoms with Gasteiger partial charge >= 0.3 is 0 Å². The number of ether oxygens (including phenoxy) is 1. The van der Waals surface area contributed by atoms with Gasteiger partial charge in [-0.2, -0.15) is 0 Å². The summed E-state index contributed by atoms with van der Waals surface area (Å²) in [4.78, 5) is 8.23. The van der Waals surface area contributed by atoms with E-state index in [9.17, 15) is 0 Å². The Morgan fingerprint density at radius 2 is 2.18 bits per heavy atom. The zero-order chi connectivity index (χ0) is 11.2. The van der Waals surface area contributed by atoms with Crippen molar-refractivity contribution in [1.82, 2.24) is 15.3 Å². The van der Waals surface area contributed by atoms with E-state index in [-0.39, 0.29) is 12.4 Å². The Morgan fingerprint density at radius 1 is 1.41 bits per heavy atom. The van der Waals surface area contributed by atoms with Gasteiger partial charge in [0.2, 0.25) is 5.88 Å². The third-order valence-electron chi connectivity index (χ3n) is 2.63. The Bertz CT molecular complexity index is 331. The van der Waals surface area contributed by atoms with E-state index in [0.717, 1.165) is 31.7 Å². The number of halogens is 1. The van der Waals surface area contributed by atoms with Crippen LogP contribution in [0.15, 0.2) is 12.4 Å². The molecule has 0 unspecified atom stereocenters. The molecule has 0 saturated carbocycles. The Balaban J connectivity index is 0.00000144. The predicted octanol–water partition coefficient (Wildman–Crippen LogP) is 1.46. The fourth-order valence-electron chi connectivity index (χ4n) is 1.82. The van der Waals surface area contributed by atoms with Gasteiger partial charge in [0.25, 0.3) is 0 Å². The van der Waals surface area contributed by atoms with E-state index in [1.807, 2.05) is 13.0 Å². The highest BCUT2D eigenvalue weighted by Crippen LogP contribution is 2.14. The topological polar surface area (TPSA) is 59.1 Å². The minimum Gasteiger partial charge on any atom is -0.478 e. The SMILES string of the molecule is CCOc1cc(NC2CCNCC2)ncn1.Cl. The minimum atomic E-state index is 0. The Kier molecular flexibility index (Phi) is 6.00. The summed E-state index contributed by atoms with van der Waals surface area (Å²) in [5, 5.41) is 6.74. The van der Waals surface area contributed by atoms with Gasteiger partial charge in [-0.05, 0) is 32.9 Å². The molecule has 2 N–H and O–H groups in total. The van der Waals surface area contributed by atoms with E-state index in [1.54, 1.807) is 0 Å². The van der Waals surface area contributed by atoms with Crippen LogP contribution in [0.25, 0.3) is 0 Å². The van der Waals surface area contributed by atoms with Gasteiger partial charge in [-0.3, -0.25) is 0 Å². The van der Waals surface area contributed by atoms with Crippen molar-refractivity contribution in [2.24, 2.45) is 0 Å². The molecule has 1 aliphatic heterocycles. The van der Waals surface area contributed by atoms with E-state index in [2.05, 4.69) is 20.6 Å². The van der Waals surface area contributed by atoms with Crippen LogP contribution in [0.4, 0.5) is 5.82 Å². The number of anilines is 1. The average molecular weight is 259 g/mol. The molecule has 0 atom stereocenters. The lowest BCUT2D eigenvalue weighted by Gasteiger charge is -2.24. The molecule has 0 amide bonds. The van der Waals surface area contributed by atoms with E-state index in [0.29, 0.717) is 18.5 Å². The highest BCUT2D eigenvalue weighted by atomic mass is 35.5. The molecule has 1 fully saturated rings. The molecule has 0 bridgehead atoms. The largest absolute Gasteiger partial charge is 0.478 e. The molecule has 96 valence electrons. The molecule has 1 saturated heterocycles. The molecular formula is C11H19ClN4O. The zero-order valence-electron chi connectivity index (χ0n) is 9.98. The van der Waals surface area contributed by atoms with Crippen LogP contribution in [0, 0.1) is 0 Å². The van der Waals surface area contributed by atoms with Crippen molar-refractivity contribution in [3.8, 4) is 5.88 Å². The maximum atomic E-state index is 5.33. The molecule has 2 rings (SSSR count). The van der Waals surface area contributed by atoms with Gasteiger partial charge in [0, 0.05) is 12.1 Å². The first-order valence-electron chi connectivity index (χ1n) is 5.80. The number of hydrogen-bond donors (Lipinski definition) is 2. The van der Waals surface area contributed by atoms with Crippen molar-refractivity contribution >= 4 is 18.2 Å². The Labute approximate surface area is 108 Å². The molecule has 1 aromatic heterocycles. The molecular weight excluding hydrogens is 240 g/mol. The normalized spacial score (nSPS) is 16.1. The van der Waals surface area contributed by atoms with Gasteiger partial charge in [-0.15, -0.1) is 12.4 Å². The lowest BCUT2D eigenvalue weighted by atomic mass is 10.1. The molecule has 1 aromatic rings. The Morgan fingerprint density at radius 3 is 2.88 bits per heavy atom. The molecule has 6 heteroatoms. The maximum absolute atomic E-state index is 5.33. The van der Waals surface area contributed by atoms with Gasteiger partial charge in [-0.25, -0.2) is 9.97 Å². The van der Waals surface area contributed by atoms with Crippen molar-refractivity contribution in [2.45, 2.75) is 25.8 Å². The third-order valence-corrected chi connectivity index (χ3v) is 2.63. The molecule has 17 heavy (non-hydrogen) atoms. The van der Waals surface area contributed by atoms with Crippen LogP contribution >= 0.6 is 12.4 Å². The van der Waals surface area contributed by atoms with Crippen LogP contribution < -0.4 is 15.4 Å². The smallest absolute Gasteiger partial charge is 0.218 e. The summed E-state index contributed by atoms with van der Waals surface area (Å²) in [7, 11) is 0. The summed E-state index contributed by atoms with van der Waals surface area (Å²) in [6.45, 7) is 4.72. The number of aromatic nitrogens is 2. The standard InChI is InChI=1S/C11H18N4O.ClH/c1-2-16-11-7-10(13-8-14-11)15-9-3-5-12-6-4-9;/h7-9,12H,2-6H2,1H3,(H,13,14,15);1H.